The van der Waals surface area contributed by atoms with Crippen molar-refractivity contribution in [1.82, 2.24) is 9.80 Å². The first-order valence-corrected chi connectivity index (χ1v) is 11.7. The molecule has 0 aromatic heterocycles. The summed E-state index contributed by atoms with van der Waals surface area (Å²) in [6, 6.07) is 7.69. The van der Waals surface area contributed by atoms with Gasteiger partial charge < -0.3 is 14.5 Å². The highest BCUT2D eigenvalue weighted by Crippen LogP contribution is 2.45. The summed E-state index contributed by atoms with van der Waals surface area (Å²) in [7, 11) is 0. The number of ether oxygens (including phenoxy) is 1. The summed E-state index contributed by atoms with van der Waals surface area (Å²) in [6.45, 7) is 9.25. The normalized spacial score (nSPS) is 20.7. The molecule has 0 saturated carbocycles. The standard InChI is InChI=1S/C24H29N3O3S/c1-15(2)30-23(29)21-17(4)25-24-27(22(21)19-10-6-5-9-16(19)3)18(14-31-24)13-20(28)26-11-7-8-12-26/h5-6,9-10,14-15,22H,7-8,11-13H2,1-4H3. The second kappa shape index (κ2) is 8.91. The number of carbonyl (C=O) groups excluding carboxylic acids is 2. The zero-order valence-electron chi connectivity index (χ0n) is 18.6. The number of aliphatic imine (C=N–C) groups is 1. The monoisotopic (exact) mass is 439 g/mol. The lowest BCUT2D eigenvalue weighted by atomic mass is 9.91. The van der Waals surface area contributed by atoms with Gasteiger partial charge in [-0.1, -0.05) is 36.0 Å². The van der Waals surface area contributed by atoms with E-state index in [-0.39, 0.29) is 24.0 Å². The third-order valence-electron chi connectivity index (χ3n) is 5.84. The van der Waals surface area contributed by atoms with Gasteiger partial charge in [0.05, 0.1) is 29.8 Å². The summed E-state index contributed by atoms with van der Waals surface area (Å²) in [5.41, 5.74) is 4.19. The lowest BCUT2D eigenvalue weighted by Gasteiger charge is -2.37. The number of amides is 1. The number of esters is 1. The first-order valence-electron chi connectivity index (χ1n) is 10.9. The van der Waals surface area contributed by atoms with E-state index in [1.165, 1.54) is 11.8 Å². The minimum atomic E-state index is -0.368. The Balaban J connectivity index is 1.73. The molecular formula is C24H29N3O3S. The molecule has 3 aliphatic heterocycles. The molecule has 31 heavy (non-hydrogen) atoms. The predicted molar refractivity (Wildman–Crippen MR) is 123 cm³/mol. The maximum atomic E-state index is 13.2. The Bertz CT molecular complexity index is 990. The van der Waals surface area contributed by atoms with Crippen molar-refractivity contribution in [2.24, 2.45) is 4.99 Å². The van der Waals surface area contributed by atoms with Crippen LogP contribution in [-0.4, -0.2) is 46.0 Å². The van der Waals surface area contributed by atoms with Crippen LogP contribution in [0.4, 0.5) is 0 Å². The van der Waals surface area contributed by atoms with E-state index in [0.717, 1.165) is 47.9 Å². The van der Waals surface area contributed by atoms with E-state index in [9.17, 15) is 9.59 Å². The van der Waals surface area contributed by atoms with Gasteiger partial charge in [-0.3, -0.25) is 4.79 Å². The Kier molecular flexibility index (Phi) is 6.23. The van der Waals surface area contributed by atoms with E-state index in [1.807, 2.05) is 62.3 Å². The van der Waals surface area contributed by atoms with E-state index >= 15 is 0 Å². The molecule has 164 valence electrons. The van der Waals surface area contributed by atoms with Crippen LogP contribution >= 0.6 is 11.8 Å². The second-order valence-corrected chi connectivity index (χ2v) is 9.30. The molecule has 1 saturated heterocycles. The molecular weight excluding hydrogens is 410 g/mol. The van der Waals surface area contributed by atoms with Gasteiger partial charge in [0.2, 0.25) is 5.91 Å². The fraction of sp³-hybridized carbons (Fsp3) is 0.458. The number of benzene rings is 1. The number of hydrogen-bond donors (Lipinski definition) is 0. The van der Waals surface area contributed by atoms with E-state index in [4.69, 9.17) is 9.73 Å². The highest BCUT2D eigenvalue weighted by molar-refractivity contribution is 8.16. The Morgan fingerprint density at radius 3 is 2.58 bits per heavy atom. The number of amidine groups is 1. The fourth-order valence-corrected chi connectivity index (χ4v) is 5.29. The Morgan fingerprint density at radius 1 is 1.19 bits per heavy atom. The molecule has 7 heteroatoms. The van der Waals surface area contributed by atoms with Crippen LogP contribution < -0.4 is 0 Å². The minimum absolute atomic E-state index is 0.131. The number of fused-ring (bicyclic) bond motifs is 1. The molecule has 4 rings (SSSR count). The van der Waals surface area contributed by atoms with Gasteiger partial charge in [-0.2, -0.15) is 0 Å². The number of allylic oxidation sites excluding steroid dienone is 1. The van der Waals surface area contributed by atoms with Gasteiger partial charge in [0.25, 0.3) is 0 Å². The van der Waals surface area contributed by atoms with E-state index in [2.05, 4.69) is 4.90 Å². The summed E-state index contributed by atoms with van der Waals surface area (Å²) in [5.74, 6) is -0.225. The van der Waals surface area contributed by atoms with Crippen LogP contribution in [0.5, 0.6) is 0 Å². The van der Waals surface area contributed by atoms with Crippen molar-refractivity contribution < 1.29 is 14.3 Å². The molecule has 0 N–H and O–H groups in total. The number of carbonyl (C=O) groups is 2. The number of likely N-dealkylation sites (tertiary alicyclic amines) is 1. The van der Waals surface area contributed by atoms with E-state index in [0.29, 0.717) is 17.7 Å². The summed E-state index contributed by atoms with van der Waals surface area (Å²) in [4.78, 5) is 34.8. The minimum Gasteiger partial charge on any atom is -0.459 e. The number of hydrogen-bond acceptors (Lipinski definition) is 6. The summed E-state index contributed by atoms with van der Waals surface area (Å²) in [6.07, 6.45) is 2.21. The van der Waals surface area contributed by atoms with Crippen molar-refractivity contribution >= 4 is 28.8 Å². The van der Waals surface area contributed by atoms with Crippen LogP contribution in [0.15, 0.2) is 51.6 Å². The van der Waals surface area contributed by atoms with Gasteiger partial charge >= 0.3 is 5.97 Å². The number of rotatable bonds is 5. The maximum Gasteiger partial charge on any atom is 0.338 e. The topological polar surface area (TPSA) is 62.2 Å². The van der Waals surface area contributed by atoms with Crippen LogP contribution in [0, 0.1) is 6.92 Å². The molecule has 1 aromatic rings. The van der Waals surface area contributed by atoms with Crippen molar-refractivity contribution in [3.8, 4) is 0 Å². The average Bonchev–Trinajstić information content (AvgIpc) is 3.37. The van der Waals surface area contributed by atoms with Gasteiger partial charge in [0, 0.05) is 18.8 Å². The molecule has 0 spiro atoms. The van der Waals surface area contributed by atoms with Crippen molar-refractivity contribution in [2.45, 2.75) is 59.1 Å². The third kappa shape index (κ3) is 4.28. The average molecular weight is 440 g/mol. The van der Waals surface area contributed by atoms with Gasteiger partial charge in [0.1, 0.15) is 0 Å². The number of nitrogens with zero attached hydrogens (tertiary/aromatic N) is 3. The predicted octanol–water partition coefficient (Wildman–Crippen LogP) is 4.53. The van der Waals surface area contributed by atoms with Gasteiger partial charge in [-0.15, -0.1) is 0 Å². The Labute approximate surface area is 188 Å². The third-order valence-corrected chi connectivity index (χ3v) is 6.73. The molecule has 1 unspecified atom stereocenters. The zero-order valence-corrected chi connectivity index (χ0v) is 19.4. The van der Waals surface area contributed by atoms with Crippen LogP contribution in [0.1, 0.15) is 57.2 Å². The Hall–Kier alpha value is -2.54. The van der Waals surface area contributed by atoms with Crippen LogP contribution in [-0.2, 0) is 14.3 Å². The molecule has 0 bridgehead atoms. The molecule has 1 fully saturated rings. The lowest BCUT2D eigenvalue weighted by Crippen LogP contribution is -2.39. The van der Waals surface area contributed by atoms with Crippen molar-refractivity contribution in [1.29, 1.82) is 0 Å². The van der Waals surface area contributed by atoms with E-state index in [1.54, 1.807) is 0 Å². The SMILES string of the molecule is CC1=C(C(=O)OC(C)C)C(c2ccccc2C)N2C(CC(=O)N3CCCC3)=CSC2=N1. The largest absolute Gasteiger partial charge is 0.459 e. The highest BCUT2D eigenvalue weighted by Gasteiger charge is 2.42. The second-order valence-electron chi connectivity index (χ2n) is 8.47. The molecule has 3 heterocycles. The van der Waals surface area contributed by atoms with E-state index < -0.39 is 0 Å². The first-order chi connectivity index (χ1) is 14.9. The summed E-state index contributed by atoms with van der Waals surface area (Å²) < 4.78 is 5.60. The zero-order chi connectivity index (χ0) is 22.1. The highest BCUT2D eigenvalue weighted by atomic mass is 32.2. The molecule has 0 radical (unpaired) electrons. The molecule has 0 aliphatic carbocycles. The van der Waals surface area contributed by atoms with Gasteiger partial charge in [-0.05, 0) is 57.1 Å². The van der Waals surface area contributed by atoms with Crippen molar-refractivity contribution in [3.05, 3.63) is 57.8 Å². The molecule has 1 atom stereocenters. The van der Waals surface area contributed by atoms with Crippen molar-refractivity contribution in [3.63, 3.8) is 0 Å². The number of thioether (sulfide) groups is 1. The van der Waals surface area contributed by atoms with Crippen LogP contribution in [0.3, 0.4) is 0 Å². The molecule has 3 aliphatic rings. The smallest absolute Gasteiger partial charge is 0.338 e. The molecule has 1 amide bonds. The quantitative estimate of drug-likeness (QED) is 0.631. The fourth-order valence-electron chi connectivity index (χ4n) is 4.33. The summed E-state index contributed by atoms with van der Waals surface area (Å²) in [5, 5.41) is 2.80. The van der Waals surface area contributed by atoms with Crippen LogP contribution in [0.25, 0.3) is 0 Å². The van der Waals surface area contributed by atoms with Crippen molar-refractivity contribution in [2.75, 3.05) is 13.1 Å². The first kappa shape index (κ1) is 21.7. The molecule has 6 nitrogen and oxygen atoms in total. The summed E-state index contributed by atoms with van der Waals surface area (Å²) >= 11 is 1.51. The van der Waals surface area contributed by atoms with Gasteiger partial charge in [0.15, 0.2) is 5.17 Å². The Morgan fingerprint density at radius 2 is 1.90 bits per heavy atom. The van der Waals surface area contributed by atoms with Gasteiger partial charge in [-0.25, -0.2) is 9.79 Å². The lowest BCUT2D eigenvalue weighted by molar-refractivity contribution is -0.143. The number of aryl methyl sites for hydroxylation is 1. The molecule has 1 aromatic carbocycles. The maximum absolute atomic E-state index is 13.2. The van der Waals surface area contributed by atoms with Crippen LogP contribution in [0.2, 0.25) is 0 Å².